The van der Waals surface area contributed by atoms with E-state index < -0.39 is 10.0 Å². The Labute approximate surface area is 162 Å². The normalized spacial score (nSPS) is 11.3. The van der Waals surface area contributed by atoms with Crippen LogP contribution in [-0.4, -0.2) is 32.8 Å². The fourth-order valence-electron chi connectivity index (χ4n) is 2.72. The molecule has 1 N–H and O–H groups in total. The van der Waals surface area contributed by atoms with Crippen LogP contribution in [0.25, 0.3) is 0 Å². The zero-order valence-electron chi connectivity index (χ0n) is 16.5. The first-order valence-corrected chi connectivity index (χ1v) is 10.7. The molecular weight excluding hydrogens is 360 g/mol. The van der Waals surface area contributed by atoms with E-state index in [4.69, 9.17) is 0 Å². The minimum Gasteiger partial charge on any atom is -0.342 e. The molecule has 0 aliphatic carbocycles. The lowest BCUT2D eigenvalue weighted by Gasteiger charge is -2.16. The van der Waals surface area contributed by atoms with Crippen LogP contribution in [0.2, 0.25) is 0 Å². The maximum absolute atomic E-state index is 12.9. The second-order valence-corrected chi connectivity index (χ2v) is 8.36. The standard InChI is InChI=1S/C21H28N2O3S/c1-5-7-8-17-10-13-19(14-11-17)22-27(25,26)20-15-18(12-9-16(20)3)21(24)23(4)6-2/h9-15,22H,5-8H2,1-4H3. The second kappa shape index (κ2) is 9.04. The molecule has 1 amide bonds. The highest BCUT2D eigenvalue weighted by atomic mass is 32.2. The van der Waals surface area contributed by atoms with Crippen molar-refractivity contribution in [3.8, 4) is 0 Å². The number of carbonyl (C=O) groups is 1. The number of carbonyl (C=O) groups excluding carboxylic acids is 1. The van der Waals surface area contributed by atoms with E-state index in [1.165, 1.54) is 11.6 Å². The van der Waals surface area contributed by atoms with Crippen molar-refractivity contribution < 1.29 is 13.2 Å². The molecule has 146 valence electrons. The SMILES string of the molecule is CCCCc1ccc(NS(=O)(=O)c2cc(C(=O)N(C)CC)ccc2C)cc1. The summed E-state index contributed by atoms with van der Waals surface area (Å²) in [5, 5.41) is 0. The average Bonchev–Trinajstić information content (AvgIpc) is 2.66. The number of sulfonamides is 1. The molecule has 0 spiro atoms. The summed E-state index contributed by atoms with van der Waals surface area (Å²) in [7, 11) is -2.09. The molecule has 0 aromatic heterocycles. The summed E-state index contributed by atoms with van der Waals surface area (Å²) in [6.45, 7) is 6.29. The van der Waals surface area contributed by atoms with Crippen LogP contribution in [0.3, 0.4) is 0 Å². The molecule has 27 heavy (non-hydrogen) atoms. The molecule has 0 saturated carbocycles. The summed E-state index contributed by atoms with van der Waals surface area (Å²) < 4.78 is 28.3. The topological polar surface area (TPSA) is 66.5 Å². The van der Waals surface area contributed by atoms with E-state index in [9.17, 15) is 13.2 Å². The molecule has 0 bridgehead atoms. The molecule has 0 saturated heterocycles. The van der Waals surface area contributed by atoms with Crippen LogP contribution in [-0.2, 0) is 16.4 Å². The lowest BCUT2D eigenvalue weighted by Crippen LogP contribution is -2.26. The predicted molar refractivity (Wildman–Crippen MR) is 110 cm³/mol. The van der Waals surface area contributed by atoms with Crippen molar-refractivity contribution in [3.05, 3.63) is 59.2 Å². The van der Waals surface area contributed by atoms with Crippen LogP contribution in [0.4, 0.5) is 5.69 Å². The quantitative estimate of drug-likeness (QED) is 0.736. The van der Waals surface area contributed by atoms with Crippen molar-refractivity contribution in [2.45, 2.75) is 44.9 Å². The minimum atomic E-state index is -3.78. The van der Waals surface area contributed by atoms with Crippen LogP contribution in [0.1, 0.15) is 48.2 Å². The Morgan fingerprint density at radius 3 is 2.33 bits per heavy atom. The molecular formula is C21H28N2O3S. The molecule has 2 aromatic carbocycles. The van der Waals surface area contributed by atoms with Crippen LogP contribution in [0.15, 0.2) is 47.4 Å². The Kier molecular flexibility index (Phi) is 7.02. The number of aryl methyl sites for hydroxylation is 2. The van der Waals surface area contributed by atoms with Gasteiger partial charge in [0, 0.05) is 24.8 Å². The third kappa shape index (κ3) is 5.32. The number of benzene rings is 2. The molecule has 0 atom stereocenters. The summed E-state index contributed by atoms with van der Waals surface area (Å²) in [4.78, 5) is 14.0. The Balaban J connectivity index is 2.26. The summed E-state index contributed by atoms with van der Waals surface area (Å²) in [6.07, 6.45) is 3.21. The van der Waals surface area contributed by atoms with Crippen molar-refractivity contribution >= 4 is 21.6 Å². The highest BCUT2D eigenvalue weighted by molar-refractivity contribution is 7.92. The Bertz CT molecular complexity index is 890. The van der Waals surface area contributed by atoms with E-state index in [-0.39, 0.29) is 10.8 Å². The number of unbranched alkanes of at least 4 members (excludes halogenated alkanes) is 1. The Hall–Kier alpha value is -2.34. The van der Waals surface area contributed by atoms with Gasteiger partial charge in [0.25, 0.3) is 15.9 Å². The summed E-state index contributed by atoms with van der Waals surface area (Å²) in [5.74, 6) is -0.200. The number of hydrogen-bond donors (Lipinski definition) is 1. The van der Waals surface area contributed by atoms with Gasteiger partial charge in [-0.3, -0.25) is 9.52 Å². The third-order valence-corrected chi connectivity index (χ3v) is 6.09. The lowest BCUT2D eigenvalue weighted by molar-refractivity contribution is 0.0802. The van der Waals surface area contributed by atoms with Crippen molar-refractivity contribution in [1.29, 1.82) is 0 Å². The van der Waals surface area contributed by atoms with Crippen molar-refractivity contribution in [2.75, 3.05) is 18.3 Å². The lowest BCUT2D eigenvalue weighted by atomic mass is 10.1. The van der Waals surface area contributed by atoms with Crippen molar-refractivity contribution in [1.82, 2.24) is 4.90 Å². The van der Waals surface area contributed by atoms with Gasteiger partial charge in [-0.15, -0.1) is 0 Å². The Morgan fingerprint density at radius 2 is 1.74 bits per heavy atom. The molecule has 2 rings (SSSR count). The number of amides is 1. The van der Waals surface area contributed by atoms with Gasteiger partial charge in [-0.25, -0.2) is 8.42 Å². The number of nitrogens with zero attached hydrogens (tertiary/aromatic N) is 1. The molecule has 0 radical (unpaired) electrons. The van der Waals surface area contributed by atoms with Gasteiger partial charge in [-0.1, -0.05) is 31.5 Å². The van der Waals surface area contributed by atoms with Gasteiger partial charge in [0.15, 0.2) is 0 Å². The number of nitrogens with one attached hydrogen (secondary N) is 1. The smallest absolute Gasteiger partial charge is 0.262 e. The number of rotatable bonds is 8. The monoisotopic (exact) mass is 388 g/mol. The van der Waals surface area contributed by atoms with Crippen molar-refractivity contribution in [2.24, 2.45) is 0 Å². The molecule has 0 heterocycles. The zero-order valence-corrected chi connectivity index (χ0v) is 17.3. The largest absolute Gasteiger partial charge is 0.342 e. The second-order valence-electron chi connectivity index (χ2n) is 6.71. The maximum Gasteiger partial charge on any atom is 0.262 e. The first-order valence-electron chi connectivity index (χ1n) is 9.26. The van der Waals surface area contributed by atoms with Crippen LogP contribution >= 0.6 is 0 Å². The zero-order chi connectivity index (χ0) is 20.0. The van der Waals surface area contributed by atoms with E-state index in [0.29, 0.717) is 23.4 Å². The molecule has 0 unspecified atom stereocenters. The third-order valence-electron chi connectivity index (χ3n) is 4.57. The summed E-state index contributed by atoms with van der Waals surface area (Å²) in [5.41, 5.74) is 2.65. The van der Waals surface area contributed by atoms with E-state index in [2.05, 4.69) is 11.6 Å². The van der Waals surface area contributed by atoms with Gasteiger partial charge in [-0.05, 0) is 62.1 Å². The molecule has 0 aliphatic heterocycles. The highest BCUT2D eigenvalue weighted by Crippen LogP contribution is 2.22. The van der Waals surface area contributed by atoms with Gasteiger partial charge >= 0.3 is 0 Å². The van der Waals surface area contributed by atoms with Crippen LogP contribution < -0.4 is 4.72 Å². The Morgan fingerprint density at radius 1 is 1.07 bits per heavy atom. The predicted octanol–water partition coefficient (Wildman–Crippen LogP) is 4.23. The highest BCUT2D eigenvalue weighted by Gasteiger charge is 2.20. The van der Waals surface area contributed by atoms with Gasteiger partial charge in [0.2, 0.25) is 0 Å². The number of anilines is 1. The van der Waals surface area contributed by atoms with Gasteiger partial charge < -0.3 is 4.90 Å². The minimum absolute atomic E-state index is 0.118. The maximum atomic E-state index is 12.9. The fraction of sp³-hybridized carbons (Fsp3) is 0.381. The van der Waals surface area contributed by atoms with E-state index in [0.717, 1.165) is 19.3 Å². The van der Waals surface area contributed by atoms with Gasteiger partial charge in [0.1, 0.15) is 0 Å². The summed E-state index contributed by atoms with van der Waals surface area (Å²) in [6, 6.07) is 12.2. The number of hydrogen-bond acceptors (Lipinski definition) is 3. The average molecular weight is 389 g/mol. The first-order chi connectivity index (χ1) is 12.8. The van der Waals surface area contributed by atoms with Crippen molar-refractivity contribution in [3.63, 3.8) is 0 Å². The van der Waals surface area contributed by atoms with Crippen LogP contribution in [0.5, 0.6) is 0 Å². The summed E-state index contributed by atoms with van der Waals surface area (Å²) >= 11 is 0. The molecule has 6 heteroatoms. The van der Waals surface area contributed by atoms with E-state index in [1.807, 2.05) is 19.1 Å². The molecule has 0 aliphatic rings. The van der Waals surface area contributed by atoms with E-state index in [1.54, 1.807) is 43.1 Å². The van der Waals surface area contributed by atoms with Crippen LogP contribution in [0, 0.1) is 6.92 Å². The molecule has 5 nitrogen and oxygen atoms in total. The first kappa shape index (κ1) is 21.0. The fourth-order valence-corrected chi connectivity index (χ4v) is 4.05. The molecule has 0 fully saturated rings. The van der Waals surface area contributed by atoms with Gasteiger partial charge in [-0.2, -0.15) is 0 Å². The van der Waals surface area contributed by atoms with E-state index >= 15 is 0 Å². The molecule has 2 aromatic rings. The van der Waals surface area contributed by atoms with Gasteiger partial charge in [0.05, 0.1) is 4.90 Å².